The fourth-order valence-corrected chi connectivity index (χ4v) is 3.35. The molecule has 0 unspecified atom stereocenters. The van der Waals surface area contributed by atoms with Crippen molar-refractivity contribution in [2.75, 3.05) is 13.1 Å². The van der Waals surface area contributed by atoms with Crippen LogP contribution in [-0.4, -0.2) is 35.2 Å². The second-order valence-electron chi connectivity index (χ2n) is 7.31. The minimum absolute atomic E-state index is 0.0947. The van der Waals surface area contributed by atoms with Crippen molar-refractivity contribution in [1.82, 2.24) is 4.90 Å². The molecule has 0 saturated carbocycles. The first-order chi connectivity index (χ1) is 11.5. The average molecular weight is 375 g/mol. The van der Waals surface area contributed by atoms with Gasteiger partial charge in [0.05, 0.1) is 0 Å². The predicted octanol–water partition coefficient (Wildman–Crippen LogP) is 5.49. The molecule has 0 aliphatic carbocycles. The zero-order valence-electron chi connectivity index (χ0n) is 14.7. The first-order valence-corrected chi connectivity index (χ1v) is 9.16. The van der Waals surface area contributed by atoms with Crippen molar-refractivity contribution in [3.63, 3.8) is 0 Å². The van der Waals surface area contributed by atoms with Gasteiger partial charge in [-0.05, 0) is 75.4 Å². The van der Waals surface area contributed by atoms with Gasteiger partial charge in [-0.25, -0.2) is 4.79 Å². The monoisotopic (exact) mass is 375 g/mol. The number of halogens is 3. The average Bonchev–Trinajstić information content (AvgIpc) is 2.47. The van der Waals surface area contributed by atoms with E-state index in [4.69, 9.17) is 4.74 Å². The van der Waals surface area contributed by atoms with Gasteiger partial charge in [0.2, 0.25) is 0 Å². The Kier molecular flexibility index (Phi) is 6.30. The van der Waals surface area contributed by atoms with Gasteiger partial charge in [0, 0.05) is 18.0 Å². The van der Waals surface area contributed by atoms with Crippen LogP contribution in [-0.2, 0) is 11.2 Å². The highest BCUT2D eigenvalue weighted by Crippen LogP contribution is 2.37. The Morgan fingerprint density at radius 3 is 2.20 bits per heavy atom. The van der Waals surface area contributed by atoms with E-state index in [1.807, 2.05) is 20.8 Å². The molecule has 1 aromatic rings. The van der Waals surface area contributed by atoms with Crippen molar-refractivity contribution in [3.8, 4) is 0 Å². The Hall–Kier alpha value is -1.37. The largest absolute Gasteiger partial charge is 0.446 e. The Morgan fingerprint density at radius 2 is 1.72 bits per heavy atom. The van der Waals surface area contributed by atoms with E-state index in [2.05, 4.69) is 0 Å². The van der Waals surface area contributed by atoms with Gasteiger partial charge >= 0.3 is 11.6 Å². The fraction of sp³-hybridized carbons (Fsp3) is 0.611. The van der Waals surface area contributed by atoms with Crippen LogP contribution in [0.4, 0.5) is 18.0 Å². The van der Waals surface area contributed by atoms with Crippen molar-refractivity contribution in [2.45, 2.75) is 56.0 Å². The van der Waals surface area contributed by atoms with Crippen molar-refractivity contribution in [1.29, 1.82) is 0 Å². The highest BCUT2D eigenvalue weighted by atomic mass is 32.2. The lowest BCUT2D eigenvalue weighted by Gasteiger charge is -2.33. The maximum atomic E-state index is 12.3. The highest BCUT2D eigenvalue weighted by Gasteiger charge is 2.29. The molecule has 7 heteroatoms. The summed E-state index contributed by atoms with van der Waals surface area (Å²) in [4.78, 5) is 14.0. The van der Waals surface area contributed by atoms with Gasteiger partial charge in [0.15, 0.2) is 0 Å². The van der Waals surface area contributed by atoms with E-state index in [0.29, 0.717) is 19.0 Å². The summed E-state index contributed by atoms with van der Waals surface area (Å²) in [5, 5.41) is 0. The lowest BCUT2D eigenvalue weighted by Crippen LogP contribution is -2.42. The molecule has 1 fully saturated rings. The quantitative estimate of drug-likeness (QED) is 0.655. The molecule has 25 heavy (non-hydrogen) atoms. The summed E-state index contributed by atoms with van der Waals surface area (Å²) >= 11 is -0.0947. The summed E-state index contributed by atoms with van der Waals surface area (Å²) in [6.07, 6.45) is 2.29. The number of rotatable bonds is 3. The van der Waals surface area contributed by atoms with Crippen molar-refractivity contribution in [2.24, 2.45) is 5.92 Å². The number of thioether (sulfide) groups is 1. The van der Waals surface area contributed by atoms with Crippen LogP contribution in [0.5, 0.6) is 0 Å². The second kappa shape index (κ2) is 7.89. The molecule has 0 atom stereocenters. The molecule has 0 spiro atoms. The van der Waals surface area contributed by atoms with Crippen LogP contribution >= 0.6 is 11.8 Å². The van der Waals surface area contributed by atoms with Gasteiger partial charge in [-0.2, -0.15) is 13.2 Å². The van der Waals surface area contributed by atoms with E-state index in [1.165, 1.54) is 12.1 Å². The van der Waals surface area contributed by atoms with Gasteiger partial charge in [-0.15, -0.1) is 0 Å². The molecule has 1 amide bonds. The van der Waals surface area contributed by atoms with E-state index >= 15 is 0 Å². The van der Waals surface area contributed by atoms with Crippen LogP contribution in [0.25, 0.3) is 0 Å². The molecular weight excluding hydrogens is 351 g/mol. The summed E-state index contributed by atoms with van der Waals surface area (Å²) in [6, 6.07) is 6.55. The maximum Gasteiger partial charge on any atom is 0.446 e. The standard InChI is InChI=1S/C18H24F3NO2S/c1-17(2,3)24-16(23)22-10-8-14(9-11-22)12-13-4-6-15(7-5-13)25-18(19,20)21/h4-7,14H,8-12H2,1-3H3. The molecule has 3 nitrogen and oxygen atoms in total. The molecule has 0 radical (unpaired) electrons. The maximum absolute atomic E-state index is 12.3. The minimum Gasteiger partial charge on any atom is -0.444 e. The molecular formula is C18H24F3NO2S. The SMILES string of the molecule is CC(C)(C)OC(=O)N1CCC(Cc2ccc(SC(F)(F)F)cc2)CC1. The Labute approximate surface area is 150 Å². The lowest BCUT2D eigenvalue weighted by molar-refractivity contribution is -0.0328. The van der Waals surface area contributed by atoms with E-state index < -0.39 is 11.1 Å². The first kappa shape index (κ1) is 19.9. The summed E-state index contributed by atoms with van der Waals surface area (Å²) in [5.74, 6) is 0.430. The van der Waals surface area contributed by atoms with Crippen LogP contribution in [0.2, 0.25) is 0 Å². The zero-order valence-corrected chi connectivity index (χ0v) is 15.5. The number of benzene rings is 1. The summed E-state index contributed by atoms with van der Waals surface area (Å²) in [6.45, 7) is 6.85. The van der Waals surface area contributed by atoms with Gasteiger partial charge in [0.1, 0.15) is 5.60 Å². The van der Waals surface area contributed by atoms with E-state index in [9.17, 15) is 18.0 Å². The predicted molar refractivity (Wildman–Crippen MR) is 92.6 cm³/mol. The van der Waals surface area contributed by atoms with Gasteiger partial charge in [0.25, 0.3) is 0 Å². The number of carbonyl (C=O) groups excluding carboxylic acids is 1. The van der Waals surface area contributed by atoms with Crippen LogP contribution in [0.1, 0.15) is 39.2 Å². The third-order valence-electron chi connectivity index (χ3n) is 3.95. The molecule has 1 saturated heterocycles. The number of ether oxygens (including phenoxy) is 1. The number of alkyl halides is 3. The topological polar surface area (TPSA) is 29.5 Å². The second-order valence-corrected chi connectivity index (χ2v) is 8.45. The van der Waals surface area contributed by atoms with Crippen molar-refractivity contribution >= 4 is 17.9 Å². The van der Waals surface area contributed by atoms with E-state index in [0.717, 1.165) is 24.8 Å². The number of piperidine rings is 1. The minimum atomic E-state index is -4.25. The number of carbonyl (C=O) groups is 1. The Balaban J connectivity index is 1.81. The van der Waals surface area contributed by atoms with Crippen LogP contribution in [0.3, 0.4) is 0 Å². The third-order valence-corrected chi connectivity index (χ3v) is 4.69. The molecule has 140 valence electrons. The summed E-state index contributed by atoms with van der Waals surface area (Å²) in [7, 11) is 0. The number of hydrogen-bond acceptors (Lipinski definition) is 3. The van der Waals surface area contributed by atoms with E-state index in [1.54, 1.807) is 17.0 Å². The number of likely N-dealkylation sites (tertiary alicyclic amines) is 1. The zero-order chi connectivity index (χ0) is 18.7. The summed E-state index contributed by atoms with van der Waals surface area (Å²) in [5.41, 5.74) is -3.72. The van der Waals surface area contributed by atoms with Crippen molar-refractivity contribution in [3.05, 3.63) is 29.8 Å². The van der Waals surface area contributed by atoms with Crippen LogP contribution in [0.15, 0.2) is 29.2 Å². The number of amides is 1. The third kappa shape index (κ3) is 7.18. The molecule has 2 rings (SSSR count). The van der Waals surface area contributed by atoms with Crippen LogP contribution in [0, 0.1) is 5.92 Å². The molecule has 0 N–H and O–H groups in total. The molecule has 1 aromatic carbocycles. The highest BCUT2D eigenvalue weighted by molar-refractivity contribution is 8.00. The van der Waals surface area contributed by atoms with Gasteiger partial charge < -0.3 is 9.64 Å². The molecule has 1 aliphatic rings. The van der Waals surface area contributed by atoms with Gasteiger partial charge in [-0.3, -0.25) is 0 Å². The van der Waals surface area contributed by atoms with E-state index in [-0.39, 0.29) is 22.8 Å². The Bertz CT molecular complexity index is 573. The van der Waals surface area contributed by atoms with Gasteiger partial charge in [-0.1, -0.05) is 12.1 Å². The van der Waals surface area contributed by atoms with Crippen molar-refractivity contribution < 1.29 is 22.7 Å². The molecule has 1 aliphatic heterocycles. The molecule has 1 heterocycles. The Morgan fingerprint density at radius 1 is 1.16 bits per heavy atom. The number of hydrogen-bond donors (Lipinski definition) is 0. The molecule has 0 bridgehead atoms. The number of nitrogens with zero attached hydrogens (tertiary/aromatic N) is 1. The fourth-order valence-electron chi connectivity index (χ4n) is 2.81. The first-order valence-electron chi connectivity index (χ1n) is 8.34. The lowest BCUT2D eigenvalue weighted by atomic mass is 9.90. The smallest absolute Gasteiger partial charge is 0.444 e. The molecule has 0 aromatic heterocycles. The normalized spacial score (nSPS) is 16.8. The van der Waals surface area contributed by atoms with Crippen LogP contribution < -0.4 is 0 Å². The summed E-state index contributed by atoms with van der Waals surface area (Å²) < 4.78 is 42.4.